The van der Waals surface area contributed by atoms with Crippen molar-refractivity contribution in [3.63, 3.8) is 0 Å². The summed E-state index contributed by atoms with van der Waals surface area (Å²) in [7, 11) is 0. The van der Waals surface area contributed by atoms with Gasteiger partial charge in [-0.25, -0.2) is 5.06 Å². The zero-order valence-corrected chi connectivity index (χ0v) is 8.12. The van der Waals surface area contributed by atoms with E-state index in [1.54, 1.807) is 0 Å². The summed E-state index contributed by atoms with van der Waals surface area (Å²) in [5.41, 5.74) is 0.748. The van der Waals surface area contributed by atoms with E-state index in [1.807, 2.05) is 44.2 Å². The van der Waals surface area contributed by atoms with E-state index in [9.17, 15) is 5.21 Å². The van der Waals surface area contributed by atoms with Gasteiger partial charge in [-0.3, -0.25) is 5.21 Å². The van der Waals surface area contributed by atoms with Gasteiger partial charge in [0.25, 0.3) is 0 Å². The number of anilines is 1. The lowest BCUT2D eigenvalue weighted by atomic mass is 10.3. The third kappa shape index (κ3) is 2.16. The minimum atomic E-state index is -0.554. The fraction of sp³-hybridized carbons (Fsp3) is 0.333. The highest BCUT2D eigenvalue weighted by atomic mass is 32.1. The van der Waals surface area contributed by atoms with Crippen molar-refractivity contribution in [2.75, 3.05) is 5.06 Å². The van der Waals surface area contributed by atoms with Gasteiger partial charge < -0.3 is 0 Å². The number of para-hydroxylation sites is 1. The summed E-state index contributed by atoms with van der Waals surface area (Å²) in [4.78, 5) is -0.554. The van der Waals surface area contributed by atoms with Crippen molar-refractivity contribution in [1.82, 2.24) is 0 Å². The van der Waals surface area contributed by atoms with Crippen molar-refractivity contribution >= 4 is 18.3 Å². The minimum absolute atomic E-state index is 0.554. The van der Waals surface area contributed by atoms with E-state index in [4.69, 9.17) is 0 Å². The molecule has 1 rings (SSSR count). The van der Waals surface area contributed by atoms with E-state index in [0.717, 1.165) is 10.8 Å². The Morgan fingerprint density at radius 1 is 1.25 bits per heavy atom. The predicted octanol–water partition coefficient (Wildman–Crippen LogP) is 2.55. The Balaban J connectivity index is 2.86. The number of hydrogen-bond acceptors (Lipinski definition) is 3. The van der Waals surface area contributed by atoms with Crippen molar-refractivity contribution in [1.29, 1.82) is 0 Å². The van der Waals surface area contributed by atoms with Gasteiger partial charge in [-0.05, 0) is 26.0 Å². The Labute approximate surface area is 78.2 Å². The summed E-state index contributed by atoms with van der Waals surface area (Å²) in [6, 6.07) is 9.31. The Bertz CT molecular complexity index is 242. The van der Waals surface area contributed by atoms with Gasteiger partial charge in [0, 0.05) is 0 Å². The van der Waals surface area contributed by atoms with Crippen molar-refractivity contribution in [3.8, 4) is 0 Å². The van der Waals surface area contributed by atoms with Crippen LogP contribution in [0.15, 0.2) is 30.3 Å². The molecule has 0 atom stereocenters. The summed E-state index contributed by atoms with van der Waals surface area (Å²) in [6.45, 7) is 3.65. The fourth-order valence-electron chi connectivity index (χ4n) is 0.885. The Morgan fingerprint density at radius 3 is 2.17 bits per heavy atom. The Morgan fingerprint density at radius 2 is 1.75 bits per heavy atom. The first-order valence-corrected chi connectivity index (χ1v) is 4.23. The van der Waals surface area contributed by atoms with E-state index >= 15 is 0 Å². The van der Waals surface area contributed by atoms with E-state index < -0.39 is 4.87 Å². The minimum Gasteiger partial charge on any atom is -0.287 e. The van der Waals surface area contributed by atoms with Gasteiger partial charge in [0.05, 0.1) is 5.69 Å². The van der Waals surface area contributed by atoms with Crippen molar-refractivity contribution < 1.29 is 5.21 Å². The van der Waals surface area contributed by atoms with Gasteiger partial charge in [0.2, 0.25) is 0 Å². The van der Waals surface area contributed by atoms with Crippen LogP contribution in [0.4, 0.5) is 5.69 Å². The number of hydrogen-bond donors (Lipinski definition) is 2. The smallest absolute Gasteiger partial charge is 0.104 e. The first kappa shape index (κ1) is 9.42. The van der Waals surface area contributed by atoms with E-state index in [1.165, 1.54) is 0 Å². The van der Waals surface area contributed by atoms with E-state index in [-0.39, 0.29) is 0 Å². The molecular formula is C9H13NOS. The molecule has 0 saturated carbocycles. The maximum atomic E-state index is 9.61. The first-order valence-electron chi connectivity index (χ1n) is 3.78. The van der Waals surface area contributed by atoms with Gasteiger partial charge in [0.15, 0.2) is 0 Å². The molecule has 2 nitrogen and oxygen atoms in total. The molecule has 1 aromatic rings. The van der Waals surface area contributed by atoms with Crippen LogP contribution in [0.1, 0.15) is 13.8 Å². The van der Waals surface area contributed by atoms with Crippen LogP contribution in [0.25, 0.3) is 0 Å². The Hall–Kier alpha value is -0.670. The molecule has 0 aliphatic carbocycles. The number of rotatable bonds is 2. The van der Waals surface area contributed by atoms with E-state index in [0.29, 0.717) is 0 Å². The average molecular weight is 183 g/mol. The van der Waals surface area contributed by atoms with Crippen molar-refractivity contribution in [2.45, 2.75) is 18.7 Å². The first-order chi connectivity index (χ1) is 5.52. The summed E-state index contributed by atoms with van der Waals surface area (Å²) in [6.07, 6.45) is 0. The van der Waals surface area contributed by atoms with Crippen LogP contribution in [0.2, 0.25) is 0 Å². The molecule has 0 radical (unpaired) electrons. The van der Waals surface area contributed by atoms with Gasteiger partial charge in [0.1, 0.15) is 4.87 Å². The largest absolute Gasteiger partial charge is 0.287 e. The fourth-order valence-corrected chi connectivity index (χ4v) is 1.00. The van der Waals surface area contributed by atoms with Gasteiger partial charge >= 0.3 is 0 Å². The molecule has 0 fully saturated rings. The maximum Gasteiger partial charge on any atom is 0.104 e. The number of benzene rings is 1. The normalized spacial score (nSPS) is 11.3. The highest BCUT2D eigenvalue weighted by molar-refractivity contribution is 7.81. The molecule has 0 heterocycles. The Kier molecular flexibility index (Phi) is 2.65. The van der Waals surface area contributed by atoms with Crippen LogP contribution in [-0.2, 0) is 0 Å². The second-order valence-corrected chi connectivity index (χ2v) is 4.24. The summed E-state index contributed by atoms with van der Waals surface area (Å²) in [5.74, 6) is 0. The zero-order valence-electron chi connectivity index (χ0n) is 7.23. The lowest BCUT2D eigenvalue weighted by Crippen LogP contribution is -2.36. The highest BCUT2D eigenvalue weighted by Gasteiger charge is 2.20. The summed E-state index contributed by atoms with van der Waals surface area (Å²) >= 11 is 4.24. The molecular weight excluding hydrogens is 170 g/mol. The molecule has 0 bridgehead atoms. The average Bonchev–Trinajstić information content (AvgIpc) is 2.03. The van der Waals surface area contributed by atoms with Crippen LogP contribution < -0.4 is 5.06 Å². The van der Waals surface area contributed by atoms with Crippen LogP contribution >= 0.6 is 12.6 Å². The number of thiol groups is 1. The monoisotopic (exact) mass is 183 g/mol. The highest BCUT2D eigenvalue weighted by Crippen LogP contribution is 2.23. The maximum absolute atomic E-state index is 9.61. The molecule has 0 spiro atoms. The van der Waals surface area contributed by atoms with Gasteiger partial charge in [-0.1, -0.05) is 18.2 Å². The van der Waals surface area contributed by atoms with Crippen LogP contribution in [0.5, 0.6) is 0 Å². The standard InChI is InChI=1S/C9H13NOS/c1-9(2,12)10(11)8-6-4-3-5-7-8/h3-7,11-12H,1-2H3. The molecule has 0 aliphatic rings. The zero-order chi connectivity index (χ0) is 9.19. The quantitative estimate of drug-likeness (QED) is 0.418. The molecule has 1 aromatic carbocycles. The molecule has 66 valence electrons. The molecule has 0 aliphatic heterocycles. The molecule has 0 saturated heterocycles. The lowest BCUT2D eigenvalue weighted by Gasteiger charge is -2.30. The summed E-state index contributed by atoms with van der Waals surface area (Å²) in [5, 5.41) is 10.7. The van der Waals surface area contributed by atoms with Crippen LogP contribution in [0, 0.1) is 0 Å². The summed E-state index contributed by atoms with van der Waals surface area (Å²) < 4.78 is 0. The van der Waals surface area contributed by atoms with Crippen LogP contribution in [0.3, 0.4) is 0 Å². The molecule has 0 amide bonds. The second kappa shape index (κ2) is 3.37. The molecule has 1 N–H and O–H groups in total. The third-order valence-corrected chi connectivity index (χ3v) is 1.71. The van der Waals surface area contributed by atoms with Crippen molar-refractivity contribution in [2.24, 2.45) is 0 Å². The molecule has 12 heavy (non-hydrogen) atoms. The van der Waals surface area contributed by atoms with Crippen molar-refractivity contribution in [3.05, 3.63) is 30.3 Å². The topological polar surface area (TPSA) is 23.5 Å². The number of nitrogens with zero attached hydrogens (tertiary/aromatic N) is 1. The second-order valence-electron chi connectivity index (χ2n) is 3.14. The molecule has 3 heteroatoms. The number of hydroxylamine groups is 1. The predicted molar refractivity (Wildman–Crippen MR) is 53.8 cm³/mol. The van der Waals surface area contributed by atoms with Gasteiger partial charge in [-0.2, -0.15) is 0 Å². The van der Waals surface area contributed by atoms with Gasteiger partial charge in [-0.15, -0.1) is 12.6 Å². The van der Waals surface area contributed by atoms with E-state index in [2.05, 4.69) is 12.6 Å². The molecule has 0 aromatic heterocycles. The third-order valence-electron chi connectivity index (χ3n) is 1.52. The van der Waals surface area contributed by atoms with Crippen LogP contribution in [-0.4, -0.2) is 10.1 Å². The lowest BCUT2D eigenvalue weighted by molar-refractivity contribution is 0.216. The SMILES string of the molecule is CC(C)(S)N(O)c1ccccc1. The molecule has 0 unspecified atom stereocenters.